The van der Waals surface area contributed by atoms with Crippen molar-refractivity contribution in [2.75, 3.05) is 6.54 Å². The maximum absolute atomic E-state index is 13.4. The molecule has 0 saturated carbocycles. The summed E-state index contributed by atoms with van der Waals surface area (Å²) in [6, 6.07) is 5.01. The molecule has 5 atom stereocenters. The van der Waals surface area contributed by atoms with Gasteiger partial charge in [0, 0.05) is 13.0 Å². The summed E-state index contributed by atoms with van der Waals surface area (Å²) in [5.41, 5.74) is 17.4. The average molecular weight is 534 g/mol. The van der Waals surface area contributed by atoms with Crippen molar-refractivity contribution in [1.82, 2.24) is 16.0 Å². The molecule has 1 rings (SSSR count). The first kappa shape index (κ1) is 32.4. The molecule has 38 heavy (non-hydrogen) atoms. The topological polar surface area (TPSA) is 215 Å². The van der Waals surface area contributed by atoms with Gasteiger partial charge in [0.1, 0.15) is 18.1 Å². The van der Waals surface area contributed by atoms with Crippen LogP contribution >= 0.6 is 0 Å². The molecule has 0 fully saturated rings. The number of rotatable bonds is 16. The summed E-state index contributed by atoms with van der Waals surface area (Å²) in [6.07, 6.45) is 1.49. The van der Waals surface area contributed by atoms with Gasteiger partial charge >= 0.3 is 5.97 Å². The van der Waals surface area contributed by atoms with E-state index in [0.29, 0.717) is 25.8 Å². The number of hydrogen-bond acceptors (Lipinski definition) is 6. The highest BCUT2D eigenvalue weighted by atomic mass is 16.4. The number of carbonyl (C=O) groups is 4. The van der Waals surface area contributed by atoms with Crippen molar-refractivity contribution < 1.29 is 24.3 Å². The van der Waals surface area contributed by atoms with Crippen LogP contribution in [0.3, 0.4) is 0 Å². The number of guanidine groups is 1. The summed E-state index contributed by atoms with van der Waals surface area (Å²) < 4.78 is 0. The minimum Gasteiger partial charge on any atom is -0.480 e. The number of nitrogens with one attached hydrogen (secondary N) is 3. The number of carboxylic acid groups (broad SMARTS) is 1. The number of aliphatic carboxylic acids is 1. The molecule has 12 heteroatoms. The maximum atomic E-state index is 13.4. The van der Waals surface area contributed by atoms with Crippen LogP contribution < -0.4 is 33.2 Å². The number of nitrogens with zero attached hydrogens (tertiary/aromatic N) is 1. The molecular formula is C26H43N7O5. The second-order valence-corrected chi connectivity index (χ2v) is 9.75. The normalized spacial score (nSPS) is 14.9. The lowest BCUT2D eigenvalue weighted by atomic mass is 9.96. The number of nitrogens with two attached hydrogens (primary N) is 3. The SMILES string of the molecule is CCC(C)C(NC(=O)C(N)CCCN=C(N)N)C(=O)NC(Cc1ccccc1)C(=O)NC(C(=O)O)C(C)C. The smallest absolute Gasteiger partial charge is 0.326 e. The Morgan fingerprint density at radius 3 is 2.05 bits per heavy atom. The second-order valence-electron chi connectivity index (χ2n) is 9.75. The first-order valence-electron chi connectivity index (χ1n) is 12.9. The molecule has 0 aliphatic carbocycles. The highest BCUT2D eigenvalue weighted by molar-refractivity contribution is 5.94. The van der Waals surface area contributed by atoms with Crippen LogP contribution in [-0.4, -0.2) is 65.5 Å². The summed E-state index contributed by atoms with van der Waals surface area (Å²) in [5.74, 6) is -3.56. The third-order valence-corrected chi connectivity index (χ3v) is 6.24. The quantitative estimate of drug-likeness (QED) is 0.0859. The van der Waals surface area contributed by atoms with E-state index in [1.807, 2.05) is 13.0 Å². The van der Waals surface area contributed by atoms with Gasteiger partial charge in [0.05, 0.1) is 6.04 Å². The van der Waals surface area contributed by atoms with Gasteiger partial charge in [-0.3, -0.25) is 19.4 Å². The van der Waals surface area contributed by atoms with Crippen LogP contribution in [0, 0.1) is 11.8 Å². The van der Waals surface area contributed by atoms with Gasteiger partial charge in [-0.2, -0.15) is 0 Å². The third-order valence-electron chi connectivity index (χ3n) is 6.24. The van der Waals surface area contributed by atoms with Crippen LogP contribution in [0.15, 0.2) is 35.3 Å². The summed E-state index contributed by atoms with van der Waals surface area (Å²) >= 11 is 0. The van der Waals surface area contributed by atoms with Gasteiger partial charge < -0.3 is 38.3 Å². The van der Waals surface area contributed by atoms with E-state index in [0.717, 1.165) is 5.56 Å². The highest BCUT2D eigenvalue weighted by Crippen LogP contribution is 2.12. The molecule has 0 bridgehead atoms. The summed E-state index contributed by atoms with van der Waals surface area (Å²) in [7, 11) is 0. The molecular weight excluding hydrogens is 490 g/mol. The molecule has 1 aromatic rings. The Balaban J connectivity index is 3.06. The van der Waals surface area contributed by atoms with Crippen molar-refractivity contribution in [2.45, 2.75) is 77.5 Å². The lowest BCUT2D eigenvalue weighted by Gasteiger charge is -2.28. The van der Waals surface area contributed by atoms with E-state index in [9.17, 15) is 24.3 Å². The summed E-state index contributed by atoms with van der Waals surface area (Å²) in [4.78, 5) is 54.8. The lowest BCUT2D eigenvalue weighted by Crippen LogP contribution is -2.59. The number of carboxylic acids is 1. The van der Waals surface area contributed by atoms with Gasteiger partial charge in [-0.25, -0.2) is 4.79 Å². The molecule has 0 saturated heterocycles. The molecule has 0 radical (unpaired) electrons. The van der Waals surface area contributed by atoms with Crippen molar-refractivity contribution in [3.63, 3.8) is 0 Å². The Labute approximate surface area is 224 Å². The van der Waals surface area contributed by atoms with E-state index < -0.39 is 47.9 Å². The zero-order valence-electron chi connectivity index (χ0n) is 22.6. The van der Waals surface area contributed by atoms with Gasteiger partial charge in [-0.05, 0) is 30.2 Å². The molecule has 10 N–H and O–H groups in total. The predicted molar refractivity (Wildman–Crippen MR) is 146 cm³/mol. The summed E-state index contributed by atoms with van der Waals surface area (Å²) in [5, 5.41) is 17.5. The summed E-state index contributed by atoms with van der Waals surface area (Å²) in [6.45, 7) is 7.36. The average Bonchev–Trinajstić information content (AvgIpc) is 2.86. The van der Waals surface area contributed by atoms with Gasteiger partial charge in [-0.1, -0.05) is 64.4 Å². The number of carbonyl (C=O) groups excluding carboxylic acids is 3. The van der Waals surface area contributed by atoms with Gasteiger partial charge in [0.2, 0.25) is 17.7 Å². The molecule has 0 heterocycles. The lowest BCUT2D eigenvalue weighted by molar-refractivity contribution is -0.143. The van der Waals surface area contributed by atoms with Crippen molar-refractivity contribution in [2.24, 2.45) is 34.0 Å². The molecule has 0 aliphatic rings. The van der Waals surface area contributed by atoms with E-state index >= 15 is 0 Å². The number of benzene rings is 1. The minimum atomic E-state index is -1.17. The molecule has 12 nitrogen and oxygen atoms in total. The fraction of sp³-hybridized carbons (Fsp3) is 0.577. The molecule has 1 aromatic carbocycles. The molecule has 0 aliphatic heterocycles. The standard InChI is InChI=1S/C26H43N7O5/c1-5-16(4)21(33-22(34)18(27)12-9-13-30-26(28)29)24(36)31-19(14-17-10-7-6-8-11-17)23(35)32-20(15(2)3)25(37)38/h6-8,10-11,15-16,18-21H,5,9,12-14,27H2,1-4H3,(H,31,36)(H,32,35)(H,33,34)(H,37,38)(H4,28,29,30). The first-order valence-corrected chi connectivity index (χ1v) is 12.9. The number of amides is 3. The van der Waals surface area contributed by atoms with Crippen LogP contribution in [0.2, 0.25) is 0 Å². The fourth-order valence-electron chi connectivity index (χ4n) is 3.70. The fourth-order valence-corrected chi connectivity index (χ4v) is 3.70. The Morgan fingerprint density at radius 2 is 1.53 bits per heavy atom. The van der Waals surface area contributed by atoms with Crippen molar-refractivity contribution >= 4 is 29.7 Å². The number of aliphatic imine (C=N–C) groups is 1. The van der Waals surface area contributed by atoms with Gasteiger partial charge in [0.25, 0.3) is 0 Å². The van der Waals surface area contributed by atoms with Crippen LogP contribution in [0.4, 0.5) is 0 Å². The van der Waals surface area contributed by atoms with E-state index in [1.165, 1.54) is 0 Å². The molecule has 212 valence electrons. The monoisotopic (exact) mass is 533 g/mol. The van der Waals surface area contributed by atoms with Gasteiger partial charge in [-0.15, -0.1) is 0 Å². The van der Waals surface area contributed by atoms with Crippen LogP contribution in [0.25, 0.3) is 0 Å². The molecule has 5 unspecified atom stereocenters. The van der Waals surface area contributed by atoms with E-state index in [2.05, 4.69) is 20.9 Å². The Bertz CT molecular complexity index is 951. The van der Waals surface area contributed by atoms with Crippen LogP contribution in [0.5, 0.6) is 0 Å². The van der Waals surface area contributed by atoms with E-state index in [1.54, 1.807) is 45.0 Å². The van der Waals surface area contributed by atoms with Gasteiger partial charge in [0.15, 0.2) is 5.96 Å². The van der Waals surface area contributed by atoms with Crippen LogP contribution in [0.1, 0.15) is 52.5 Å². The van der Waals surface area contributed by atoms with Crippen LogP contribution in [-0.2, 0) is 25.6 Å². The third kappa shape index (κ3) is 11.2. The molecule has 0 aromatic heterocycles. The minimum absolute atomic E-state index is 0.0475. The first-order chi connectivity index (χ1) is 17.9. The highest BCUT2D eigenvalue weighted by Gasteiger charge is 2.33. The second kappa shape index (κ2) is 16.2. The zero-order chi connectivity index (χ0) is 28.8. The Morgan fingerprint density at radius 1 is 0.921 bits per heavy atom. The zero-order valence-corrected chi connectivity index (χ0v) is 22.6. The Hall–Kier alpha value is -3.67. The number of hydrogen-bond donors (Lipinski definition) is 7. The molecule has 0 spiro atoms. The maximum Gasteiger partial charge on any atom is 0.326 e. The van der Waals surface area contributed by atoms with E-state index in [-0.39, 0.29) is 24.2 Å². The largest absolute Gasteiger partial charge is 0.480 e. The Kier molecular flexibility index (Phi) is 13.8. The molecule has 3 amide bonds. The van der Waals surface area contributed by atoms with Crippen molar-refractivity contribution in [3.05, 3.63) is 35.9 Å². The predicted octanol–water partition coefficient (Wildman–Crippen LogP) is -0.149. The van der Waals surface area contributed by atoms with Crippen molar-refractivity contribution in [1.29, 1.82) is 0 Å². The van der Waals surface area contributed by atoms with Crippen molar-refractivity contribution in [3.8, 4) is 0 Å². The van der Waals surface area contributed by atoms with E-state index in [4.69, 9.17) is 17.2 Å².